The van der Waals surface area contributed by atoms with Gasteiger partial charge >= 0.3 is 0 Å². The van der Waals surface area contributed by atoms with Gasteiger partial charge in [-0.25, -0.2) is 4.99 Å². The molecule has 57 heavy (non-hydrogen) atoms. The van der Waals surface area contributed by atoms with Crippen molar-refractivity contribution >= 4 is 61.1 Å². The molecular weight excluding hydrogens is 697 g/mol. The Balaban J connectivity index is 0.956. The highest BCUT2D eigenvalue weighted by Gasteiger charge is 2.57. The molecule has 0 radical (unpaired) electrons. The number of nitrogens with one attached hydrogen (secondary N) is 1. The fourth-order valence-electron chi connectivity index (χ4n) is 11.0. The van der Waals surface area contributed by atoms with Crippen LogP contribution in [0.2, 0.25) is 0 Å². The lowest BCUT2D eigenvalue weighted by Gasteiger charge is -2.38. The van der Waals surface area contributed by atoms with Crippen molar-refractivity contribution in [2.75, 3.05) is 6.67 Å². The van der Waals surface area contributed by atoms with Crippen LogP contribution in [0.1, 0.15) is 46.6 Å². The summed E-state index contributed by atoms with van der Waals surface area (Å²) in [6.45, 7) is 0.438. The van der Waals surface area contributed by atoms with Gasteiger partial charge in [-0.05, 0) is 76.1 Å². The number of fused-ring (bicyclic) bond motifs is 15. The molecule has 6 aromatic carbocycles. The molecule has 5 nitrogen and oxygen atoms in total. The minimum Gasteiger partial charge on any atom is -0.455 e. The largest absolute Gasteiger partial charge is 0.455 e. The first-order chi connectivity index (χ1) is 28.3. The number of nitrogens with zero attached hydrogens (tertiary/aromatic N) is 3. The van der Waals surface area contributed by atoms with E-state index >= 15 is 0 Å². The number of benzene rings is 6. The van der Waals surface area contributed by atoms with Crippen molar-refractivity contribution in [2.45, 2.75) is 24.2 Å². The van der Waals surface area contributed by atoms with E-state index in [4.69, 9.17) is 14.4 Å². The van der Waals surface area contributed by atoms with Crippen LogP contribution in [0.4, 0.5) is 0 Å². The first kappa shape index (κ1) is 31.2. The van der Waals surface area contributed by atoms with Gasteiger partial charge in [0.1, 0.15) is 23.7 Å². The average molecular weight is 733 g/mol. The predicted molar refractivity (Wildman–Crippen MR) is 233 cm³/mol. The van der Waals surface area contributed by atoms with Crippen molar-refractivity contribution < 1.29 is 4.42 Å². The van der Waals surface area contributed by atoms with E-state index in [9.17, 15) is 0 Å². The molecule has 0 fully saturated rings. The van der Waals surface area contributed by atoms with Crippen molar-refractivity contribution in [1.29, 1.82) is 0 Å². The van der Waals surface area contributed by atoms with E-state index in [1.54, 1.807) is 5.57 Å². The molecule has 8 aromatic rings. The average Bonchev–Trinajstić information content (AvgIpc) is 3.99. The molecule has 5 aliphatic rings. The second kappa shape index (κ2) is 11.5. The summed E-state index contributed by atoms with van der Waals surface area (Å²) in [5, 5.41) is 8.20. The Morgan fingerprint density at radius 2 is 1.49 bits per heavy atom. The van der Waals surface area contributed by atoms with E-state index in [-0.39, 0.29) is 5.41 Å². The Hall–Kier alpha value is -6.98. The summed E-state index contributed by atoms with van der Waals surface area (Å²) >= 11 is 0. The first-order valence-electron chi connectivity index (χ1n) is 20.1. The number of furan rings is 1. The molecule has 0 saturated heterocycles. The summed E-state index contributed by atoms with van der Waals surface area (Å²) in [5.41, 5.74) is 15.7. The van der Waals surface area contributed by atoms with E-state index in [2.05, 4.69) is 162 Å². The van der Waals surface area contributed by atoms with Crippen LogP contribution in [0.15, 0.2) is 184 Å². The summed E-state index contributed by atoms with van der Waals surface area (Å²) in [4.78, 5) is 10.3. The molecule has 1 N–H and O–H groups in total. The molecule has 2 aromatic heterocycles. The maximum Gasteiger partial charge on any atom is 0.233 e. The Kier molecular flexibility index (Phi) is 6.32. The Bertz CT molecular complexity index is 3250. The minimum atomic E-state index is -0.199. The Morgan fingerprint density at radius 3 is 2.44 bits per heavy atom. The summed E-state index contributed by atoms with van der Waals surface area (Å²) in [6, 6.07) is 46.2. The van der Waals surface area contributed by atoms with Gasteiger partial charge in [-0.2, -0.15) is 4.99 Å². The molecule has 5 heteroatoms. The lowest BCUT2D eigenvalue weighted by Crippen LogP contribution is -2.34. The van der Waals surface area contributed by atoms with E-state index in [1.165, 1.54) is 38.6 Å². The molecule has 1 aliphatic heterocycles. The minimum absolute atomic E-state index is 0.199. The van der Waals surface area contributed by atoms with Crippen molar-refractivity contribution in [2.24, 2.45) is 15.9 Å². The van der Waals surface area contributed by atoms with Gasteiger partial charge in [0.15, 0.2) is 0 Å². The second-order valence-corrected chi connectivity index (χ2v) is 15.9. The molecule has 270 valence electrons. The molecule has 13 rings (SSSR count). The lowest BCUT2D eigenvalue weighted by molar-refractivity contribution is 0.445. The molecule has 4 aliphatic carbocycles. The zero-order valence-corrected chi connectivity index (χ0v) is 31.1. The molecule has 0 saturated carbocycles. The van der Waals surface area contributed by atoms with Gasteiger partial charge in [0.2, 0.25) is 5.96 Å². The van der Waals surface area contributed by atoms with Crippen LogP contribution in [-0.2, 0) is 5.41 Å². The Labute approximate surface area is 329 Å². The number of aromatic nitrogens is 1. The zero-order valence-electron chi connectivity index (χ0n) is 31.1. The highest BCUT2D eigenvalue weighted by molar-refractivity contribution is 6.18. The molecular formula is C52H36N4O. The topological polar surface area (TPSA) is 54.8 Å². The maximum atomic E-state index is 6.37. The molecule has 3 heterocycles. The third-order valence-electron chi connectivity index (χ3n) is 13.3. The first-order valence-corrected chi connectivity index (χ1v) is 20.1. The number of rotatable bonds is 2. The summed E-state index contributed by atoms with van der Waals surface area (Å²) in [7, 11) is 0. The summed E-state index contributed by atoms with van der Waals surface area (Å²) in [6.07, 6.45) is 16.3. The number of para-hydroxylation sites is 3. The van der Waals surface area contributed by atoms with Gasteiger partial charge in [-0.3, -0.25) is 4.57 Å². The highest BCUT2D eigenvalue weighted by Crippen LogP contribution is 2.66. The van der Waals surface area contributed by atoms with Crippen LogP contribution in [0.5, 0.6) is 0 Å². The normalized spacial score (nSPS) is 21.6. The standard InChI is InChI=1S/C52H36N4O/c1-6-19-42-34(12-1)35-13-2-7-20-43(35)52(42)44-21-8-3-14-36(44)40-29-47-41(28-45(40)52)37-15-4-9-22-46(37)56(47)51-54-30-53-50(55-51)32-26-24-31(25-27-32)33-17-11-18-39-38-16-5-10-23-48(38)57-49(33)39/h1-7,9-20,22-29,34,42H,8,21,30H2,(H,53,54,55)/t34?,42?,52-/m0/s1. The van der Waals surface area contributed by atoms with Crippen LogP contribution in [-0.4, -0.2) is 23.0 Å². The van der Waals surface area contributed by atoms with Gasteiger partial charge in [-0.15, -0.1) is 0 Å². The third-order valence-corrected chi connectivity index (χ3v) is 13.3. The van der Waals surface area contributed by atoms with Gasteiger partial charge < -0.3 is 9.73 Å². The number of hydrogen-bond donors (Lipinski definition) is 1. The number of amidine groups is 1. The van der Waals surface area contributed by atoms with Crippen LogP contribution < -0.4 is 5.32 Å². The van der Waals surface area contributed by atoms with Crippen LogP contribution in [0, 0.1) is 5.92 Å². The second-order valence-electron chi connectivity index (χ2n) is 15.9. The third kappa shape index (κ3) is 4.13. The highest BCUT2D eigenvalue weighted by atomic mass is 16.3. The molecule has 0 bridgehead atoms. The SMILES string of the molecule is C1=CC2c3ccccc3[C@]3(C4=C(C=CCC4)c4cc5c(cc43)c3ccccc3n5C3=NCNC(c4ccc(-c5cccc6c5oc5ccccc56)cc4)=N3)C2C=C1. The number of hydrogen-bond acceptors (Lipinski definition) is 4. The molecule has 1 spiro atoms. The van der Waals surface area contributed by atoms with Gasteiger partial charge in [0.05, 0.1) is 16.4 Å². The van der Waals surface area contributed by atoms with Crippen molar-refractivity contribution in [3.63, 3.8) is 0 Å². The van der Waals surface area contributed by atoms with Gasteiger partial charge in [0, 0.05) is 44.5 Å². The fourth-order valence-corrected chi connectivity index (χ4v) is 11.0. The van der Waals surface area contributed by atoms with E-state index in [1.807, 2.05) is 12.1 Å². The quantitative estimate of drug-likeness (QED) is 0.192. The van der Waals surface area contributed by atoms with Crippen molar-refractivity contribution in [1.82, 2.24) is 9.88 Å². The predicted octanol–water partition coefficient (Wildman–Crippen LogP) is 11.8. The van der Waals surface area contributed by atoms with E-state index < -0.39 is 0 Å². The maximum absolute atomic E-state index is 6.37. The summed E-state index contributed by atoms with van der Waals surface area (Å²) in [5.74, 6) is 2.20. The van der Waals surface area contributed by atoms with Gasteiger partial charge in [0.25, 0.3) is 0 Å². The van der Waals surface area contributed by atoms with E-state index in [0.717, 1.165) is 68.3 Å². The van der Waals surface area contributed by atoms with Crippen LogP contribution in [0.25, 0.3) is 60.4 Å². The molecule has 0 amide bonds. The Morgan fingerprint density at radius 1 is 0.684 bits per heavy atom. The number of aliphatic imine (C=N–C) groups is 2. The fraction of sp³-hybridized carbons (Fsp3) is 0.115. The zero-order chi connectivity index (χ0) is 37.2. The van der Waals surface area contributed by atoms with Crippen LogP contribution in [0.3, 0.4) is 0 Å². The monoisotopic (exact) mass is 732 g/mol. The van der Waals surface area contributed by atoms with Crippen LogP contribution >= 0.6 is 0 Å². The number of allylic oxidation sites excluding steroid dienone is 8. The molecule has 2 unspecified atom stereocenters. The lowest BCUT2D eigenvalue weighted by atomic mass is 9.63. The van der Waals surface area contributed by atoms with E-state index in [0.29, 0.717) is 24.5 Å². The van der Waals surface area contributed by atoms with Gasteiger partial charge in [-0.1, -0.05) is 140 Å². The van der Waals surface area contributed by atoms with Crippen molar-refractivity contribution in [3.8, 4) is 11.1 Å². The summed E-state index contributed by atoms with van der Waals surface area (Å²) < 4.78 is 8.65. The van der Waals surface area contributed by atoms with Crippen molar-refractivity contribution in [3.05, 3.63) is 197 Å². The smallest absolute Gasteiger partial charge is 0.233 e. The molecule has 3 atom stereocenters.